The van der Waals surface area contributed by atoms with Gasteiger partial charge in [-0.05, 0) is 51.0 Å². The zero-order chi connectivity index (χ0) is 21.3. The first kappa shape index (κ1) is 20.3. The zero-order valence-electron chi connectivity index (χ0n) is 16.9. The maximum absolute atomic E-state index is 13.1. The van der Waals surface area contributed by atoms with Gasteiger partial charge in [0.15, 0.2) is 0 Å². The first-order valence-electron chi connectivity index (χ1n) is 9.88. The summed E-state index contributed by atoms with van der Waals surface area (Å²) in [7, 11) is -3.75. The van der Waals surface area contributed by atoms with Crippen LogP contribution in [-0.2, 0) is 14.8 Å². The van der Waals surface area contributed by atoms with Crippen molar-refractivity contribution >= 4 is 21.7 Å². The van der Waals surface area contributed by atoms with E-state index in [-0.39, 0.29) is 10.8 Å². The van der Waals surface area contributed by atoms with E-state index in [4.69, 9.17) is 0 Å². The van der Waals surface area contributed by atoms with E-state index in [9.17, 15) is 13.2 Å². The first-order chi connectivity index (χ1) is 14.4. The van der Waals surface area contributed by atoms with Gasteiger partial charge in [-0.2, -0.15) is 9.40 Å². The smallest absolute Gasteiger partial charge is 0.243 e. The summed E-state index contributed by atoms with van der Waals surface area (Å²) in [4.78, 5) is 13.3. The minimum Gasteiger partial charge on any atom is -0.309 e. The Morgan fingerprint density at radius 2 is 1.77 bits per heavy atom. The molecule has 0 radical (unpaired) electrons. The number of carbonyl (C=O) groups excluding carboxylic acids is 1. The van der Waals surface area contributed by atoms with Gasteiger partial charge in [0.05, 0.1) is 16.3 Å². The molecule has 0 aliphatic carbocycles. The Morgan fingerprint density at radius 1 is 1.07 bits per heavy atom. The molecule has 30 heavy (non-hydrogen) atoms. The van der Waals surface area contributed by atoms with Gasteiger partial charge in [0.25, 0.3) is 0 Å². The lowest BCUT2D eigenvalue weighted by Gasteiger charge is -2.23. The molecule has 2 heterocycles. The van der Waals surface area contributed by atoms with Crippen LogP contribution < -0.4 is 5.32 Å². The molecule has 3 aromatic rings. The number of nitrogens with one attached hydrogen (secondary N) is 1. The van der Waals surface area contributed by atoms with Crippen LogP contribution in [0.1, 0.15) is 24.1 Å². The van der Waals surface area contributed by atoms with E-state index in [0.29, 0.717) is 25.2 Å². The minimum atomic E-state index is -3.75. The molecule has 1 aliphatic rings. The second-order valence-corrected chi connectivity index (χ2v) is 9.38. The monoisotopic (exact) mass is 424 g/mol. The van der Waals surface area contributed by atoms with Crippen LogP contribution in [0.25, 0.3) is 5.69 Å². The standard InChI is InChI=1S/C22H24N4O3S/c1-16-10-12-19(13-11-16)30(28,29)25-14-6-9-20(25)22(27)23-21-15-17(2)24-26(21)18-7-4-3-5-8-18/h3-5,7-8,10-13,15,20H,6,9,14H2,1-2H3,(H,23,27). The molecule has 1 aromatic heterocycles. The van der Waals surface area contributed by atoms with Gasteiger partial charge >= 0.3 is 0 Å². The molecule has 8 heteroatoms. The average molecular weight is 425 g/mol. The third kappa shape index (κ3) is 3.88. The second-order valence-electron chi connectivity index (χ2n) is 7.49. The normalized spacial score (nSPS) is 17.2. The molecule has 1 aliphatic heterocycles. The summed E-state index contributed by atoms with van der Waals surface area (Å²) in [5, 5.41) is 7.34. The molecule has 1 unspecified atom stereocenters. The van der Waals surface area contributed by atoms with Crippen LogP contribution >= 0.6 is 0 Å². The van der Waals surface area contributed by atoms with Crippen molar-refractivity contribution < 1.29 is 13.2 Å². The number of hydrogen-bond acceptors (Lipinski definition) is 4. The highest BCUT2D eigenvalue weighted by Gasteiger charge is 2.39. The molecule has 0 spiro atoms. The van der Waals surface area contributed by atoms with Crippen LogP contribution in [0.3, 0.4) is 0 Å². The third-order valence-electron chi connectivity index (χ3n) is 5.22. The molecule has 0 saturated carbocycles. The van der Waals surface area contributed by atoms with Gasteiger partial charge in [0.1, 0.15) is 11.9 Å². The average Bonchev–Trinajstić information content (AvgIpc) is 3.36. The number of benzene rings is 2. The largest absolute Gasteiger partial charge is 0.309 e. The van der Waals surface area contributed by atoms with Gasteiger partial charge in [0.2, 0.25) is 15.9 Å². The number of aryl methyl sites for hydroxylation is 2. The van der Waals surface area contributed by atoms with Crippen molar-refractivity contribution in [1.82, 2.24) is 14.1 Å². The van der Waals surface area contributed by atoms with Crippen molar-refractivity contribution in [3.63, 3.8) is 0 Å². The molecule has 1 saturated heterocycles. The van der Waals surface area contributed by atoms with Gasteiger partial charge < -0.3 is 5.32 Å². The van der Waals surface area contributed by atoms with Crippen LogP contribution in [0.15, 0.2) is 65.6 Å². The van der Waals surface area contributed by atoms with Crippen LogP contribution in [0.5, 0.6) is 0 Å². The van der Waals surface area contributed by atoms with Crippen molar-refractivity contribution in [1.29, 1.82) is 0 Å². The van der Waals surface area contributed by atoms with Crippen molar-refractivity contribution in [2.45, 2.75) is 37.6 Å². The Kier molecular flexibility index (Phi) is 5.44. The molecule has 1 atom stereocenters. The van der Waals surface area contributed by atoms with Crippen LogP contribution in [-0.4, -0.2) is 41.0 Å². The Balaban J connectivity index is 1.59. The number of hydrogen-bond donors (Lipinski definition) is 1. The molecule has 1 N–H and O–H groups in total. The molecule has 1 amide bonds. The van der Waals surface area contributed by atoms with E-state index in [0.717, 1.165) is 16.9 Å². The number of amides is 1. The van der Waals surface area contributed by atoms with E-state index in [1.807, 2.05) is 44.2 Å². The zero-order valence-corrected chi connectivity index (χ0v) is 17.8. The molecule has 156 valence electrons. The predicted octanol–water partition coefficient (Wildman–Crippen LogP) is 3.28. The summed E-state index contributed by atoms with van der Waals surface area (Å²) in [6.45, 7) is 4.07. The van der Waals surface area contributed by atoms with Gasteiger partial charge in [0, 0.05) is 12.6 Å². The van der Waals surface area contributed by atoms with Gasteiger partial charge in [-0.25, -0.2) is 13.1 Å². The number of anilines is 1. The topological polar surface area (TPSA) is 84.3 Å². The van der Waals surface area contributed by atoms with Crippen LogP contribution in [0, 0.1) is 13.8 Å². The van der Waals surface area contributed by atoms with Crippen molar-refractivity contribution in [2.24, 2.45) is 0 Å². The number of sulfonamides is 1. The number of para-hydroxylation sites is 1. The summed E-state index contributed by atoms with van der Waals surface area (Å²) in [5.74, 6) is 0.170. The van der Waals surface area contributed by atoms with E-state index in [2.05, 4.69) is 10.4 Å². The Bertz CT molecular complexity index is 1150. The quantitative estimate of drug-likeness (QED) is 0.681. The van der Waals surface area contributed by atoms with E-state index >= 15 is 0 Å². The fourth-order valence-electron chi connectivity index (χ4n) is 3.70. The first-order valence-corrected chi connectivity index (χ1v) is 11.3. The van der Waals surface area contributed by atoms with Crippen LogP contribution in [0.4, 0.5) is 5.82 Å². The lowest BCUT2D eigenvalue weighted by atomic mass is 10.2. The molecule has 7 nitrogen and oxygen atoms in total. The molecular weight excluding hydrogens is 400 g/mol. The van der Waals surface area contributed by atoms with E-state index < -0.39 is 16.1 Å². The lowest BCUT2D eigenvalue weighted by Crippen LogP contribution is -2.43. The maximum Gasteiger partial charge on any atom is 0.243 e. The Labute approximate surface area is 176 Å². The Hall–Kier alpha value is -2.97. The Morgan fingerprint density at radius 3 is 2.47 bits per heavy atom. The number of rotatable bonds is 5. The van der Waals surface area contributed by atoms with Crippen molar-refractivity contribution in [3.05, 3.63) is 71.9 Å². The fourth-order valence-corrected chi connectivity index (χ4v) is 5.36. The summed E-state index contributed by atoms with van der Waals surface area (Å²) >= 11 is 0. The van der Waals surface area contributed by atoms with Gasteiger partial charge in [-0.1, -0.05) is 35.9 Å². The molecular formula is C22H24N4O3S. The highest BCUT2D eigenvalue weighted by atomic mass is 32.2. The summed E-state index contributed by atoms with van der Waals surface area (Å²) < 4.78 is 29.2. The van der Waals surface area contributed by atoms with Crippen LogP contribution in [0.2, 0.25) is 0 Å². The highest BCUT2D eigenvalue weighted by molar-refractivity contribution is 7.89. The molecule has 0 bridgehead atoms. The fraction of sp³-hybridized carbons (Fsp3) is 0.273. The molecule has 4 rings (SSSR count). The van der Waals surface area contributed by atoms with E-state index in [1.165, 1.54) is 4.31 Å². The third-order valence-corrected chi connectivity index (χ3v) is 7.14. The minimum absolute atomic E-state index is 0.206. The van der Waals surface area contributed by atoms with Crippen molar-refractivity contribution in [2.75, 3.05) is 11.9 Å². The predicted molar refractivity (Wildman–Crippen MR) is 115 cm³/mol. The highest BCUT2D eigenvalue weighted by Crippen LogP contribution is 2.27. The second kappa shape index (κ2) is 8.04. The van der Waals surface area contributed by atoms with Gasteiger partial charge in [-0.3, -0.25) is 4.79 Å². The number of nitrogens with zero attached hydrogens (tertiary/aromatic N) is 3. The summed E-state index contributed by atoms with van der Waals surface area (Å²) in [6, 6.07) is 17.2. The van der Waals surface area contributed by atoms with Gasteiger partial charge in [-0.15, -0.1) is 0 Å². The summed E-state index contributed by atoms with van der Waals surface area (Å²) in [6.07, 6.45) is 1.12. The lowest BCUT2D eigenvalue weighted by molar-refractivity contribution is -0.119. The number of aromatic nitrogens is 2. The SMILES string of the molecule is Cc1ccc(S(=O)(=O)N2CCCC2C(=O)Nc2cc(C)nn2-c2ccccc2)cc1. The number of carbonyl (C=O) groups is 1. The van der Waals surface area contributed by atoms with E-state index in [1.54, 1.807) is 35.0 Å². The maximum atomic E-state index is 13.1. The summed E-state index contributed by atoms with van der Waals surface area (Å²) in [5.41, 5.74) is 2.55. The van der Waals surface area contributed by atoms with Crippen molar-refractivity contribution in [3.8, 4) is 5.69 Å². The molecule has 2 aromatic carbocycles. The molecule has 1 fully saturated rings.